The summed E-state index contributed by atoms with van der Waals surface area (Å²) in [7, 11) is 0. The van der Waals surface area contributed by atoms with Gasteiger partial charge in [0.05, 0.1) is 12.0 Å². The van der Waals surface area contributed by atoms with Crippen molar-refractivity contribution < 1.29 is 22.8 Å². The molecule has 132 valence electrons. The van der Waals surface area contributed by atoms with Gasteiger partial charge < -0.3 is 10.6 Å². The summed E-state index contributed by atoms with van der Waals surface area (Å²) >= 11 is 0. The van der Waals surface area contributed by atoms with E-state index in [4.69, 9.17) is 5.73 Å². The minimum absolute atomic E-state index is 0.0385. The number of carbonyl (C=O) groups is 2. The fourth-order valence-electron chi connectivity index (χ4n) is 2.36. The van der Waals surface area contributed by atoms with Crippen LogP contribution in [0.15, 0.2) is 54.6 Å². The normalized spacial score (nSPS) is 11.2. The van der Waals surface area contributed by atoms with Crippen LogP contribution in [0.3, 0.4) is 0 Å². The minimum atomic E-state index is -4.47. The molecule has 2 N–H and O–H groups in total. The number of amides is 2. The first-order valence-corrected chi connectivity index (χ1v) is 7.57. The molecule has 0 aliphatic rings. The molecule has 0 atom stereocenters. The smallest absolute Gasteiger partial charge is 0.370 e. The highest BCUT2D eigenvalue weighted by atomic mass is 19.4. The third kappa shape index (κ3) is 5.34. The molecule has 7 heteroatoms. The molecule has 25 heavy (non-hydrogen) atoms. The molecule has 0 radical (unpaired) electrons. The zero-order valence-electron chi connectivity index (χ0n) is 13.3. The molecule has 0 heterocycles. The maximum atomic E-state index is 12.8. The summed E-state index contributed by atoms with van der Waals surface area (Å²) in [6.07, 6.45) is -4.72. The fourth-order valence-corrected chi connectivity index (χ4v) is 2.36. The highest BCUT2D eigenvalue weighted by Crippen LogP contribution is 2.29. The summed E-state index contributed by atoms with van der Waals surface area (Å²) in [6, 6.07) is 13.2. The van der Waals surface area contributed by atoms with Gasteiger partial charge in [-0.25, -0.2) is 0 Å². The van der Waals surface area contributed by atoms with E-state index in [1.54, 1.807) is 30.3 Å². The van der Waals surface area contributed by atoms with Gasteiger partial charge in [-0.1, -0.05) is 36.4 Å². The lowest BCUT2D eigenvalue weighted by Gasteiger charge is -2.22. The SMILES string of the molecule is NC(=O)CCN(C(=O)Cc1cccc(C(F)(F)F)c1)c1ccccc1. The largest absolute Gasteiger partial charge is 0.416 e. The zero-order chi connectivity index (χ0) is 18.4. The lowest BCUT2D eigenvalue weighted by Crippen LogP contribution is -2.35. The van der Waals surface area contributed by atoms with Crippen molar-refractivity contribution >= 4 is 17.5 Å². The number of nitrogens with zero attached hydrogens (tertiary/aromatic N) is 1. The van der Waals surface area contributed by atoms with E-state index in [1.807, 2.05) is 0 Å². The Labute approximate surface area is 143 Å². The van der Waals surface area contributed by atoms with Crippen LogP contribution in [0.25, 0.3) is 0 Å². The summed E-state index contributed by atoms with van der Waals surface area (Å²) in [4.78, 5) is 25.0. The van der Waals surface area contributed by atoms with Gasteiger partial charge in [0, 0.05) is 18.7 Å². The van der Waals surface area contributed by atoms with Crippen molar-refractivity contribution in [3.63, 3.8) is 0 Å². The standard InChI is InChI=1S/C18H17F3N2O2/c19-18(20,21)14-6-4-5-13(11-14)12-17(25)23(10-9-16(22)24)15-7-2-1-3-8-15/h1-8,11H,9-10,12H2,(H2,22,24). The van der Waals surface area contributed by atoms with Crippen molar-refractivity contribution in [3.05, 3.63) is 65.7 Å². The molecule has 0 aliphatic carbocycles. The minimum Gasteiger partial charge on any atom is -0.370 e. The molecule has 0 aromatic heterocycles. The highest BCUT2D eigenvalue weighted by molar-refractivity contribution is 5.95. The molecule has 0 unspecified atom stereocenters. The Kier molecular flexibility index (Phi) is 5.80. The topological polar surface area (TPSA) is 63.4 Å². The third-order valence-corrected chi connectivity index (χ3v) is 3.56. The van der Waals surface area contributed by atoms with Gasteiger partial charge in [0.25, 0.3) is 0 Å². The lowest BCUT2D eigenvalue weighted by atomic mass is 10.1. The van der Waals surface area contributed by atoms with Crippen LogP contribution in [-0.2, 0) is 22.2 Å². The number of halogens is 3. The van der Waals surface area contributed by atoms with Crippen molar-refractivity contribution in [1.82, 2.24) is 0 Å². The maximum absolute atomic E-state index is 12.8. The van der Waals surface area contributed by atoms with E-state index >= 15 is 0 Å². The van der Waals surface area contributed by atoms with E-state index in [0.717, 1.165) is 12.1 Å². The van der Waals surface area contributed by atoms with Gasteiger partial charge in [0.1, 0.15) is 0 Å². The van der Waals surface area contributed by atoms with Crippen LogP contribution in [0.2, 0.25) is 0 Å². The summed E-state index contributed by atoms with van der Waals surface area (Å²) < 4.78 is 38.4. The Morgan fingerprint density at radius 3 is 2.28 bits per heavy atom. The van der Waals surface area contributed by atoms with Gasteiger partial charge in [-0.2, -0.15) is 13.2 Å². The number of rotatable bonds is 6. The van der Waals surface area contributed by atoms with E-state index in [0.29, 0.717) is 5.69 Å². The van der Waals surface area contributed by atoms with E-state index in [-0.39, 0.29) is 24.9 Å². The predicted molar refractivity (Wildman–Crippen MR) is 87.8 cm³/mol. The first-order chi connectivity index (χ1) is 11.8. The number of hydrogen-bond acceptors (Lipinski definition) is 2. The maximum Gasteiger partial charge on any atom is 0.416 e. The highest BCUT2D eigenvalue weighted by Gasteiger charge is 2.30. The Morgan fingerprint density at radius 1 is 1.00 bits per heavy atom. The number of alkyl halides is 3. The molecule has 2 amide bonds. The first kappa shape index (κ1) is 18.5. The van der Waals surface area contributed by atoms with Crippen LogP contribution in [0.5, 0.6) is 0 Å². The van der Waals surface area contributed by atoms with Crippen molar-refractivity contribution in [2.75, 3.05) is 11.4 Å². The predicted octanol–water partition coefficient (Wildman–Crippen LogP) is 3.16. The molecule has 2 aromatic carbocycles. The fraction of sp³-hybridized carbons (Fsp3) is 0.222. The lowest BCUT2D eigenvalue weighted by molar-refractivity contribution is -0.137. The van der Waals surface area contributed by atoms with E-state index in [2.05, 4.69) is 0 Å². The van der Waals surface area contributed by atoms with Crippen molar-refractivity contribution in [3.8, 4) is 0 Å². The van der Waals surface area contributed by atoms with Crippen LogP contribution in [0, 0.1) is 0 Å². The summed E-state index contributed by atoms with van der Waals surface area (Å²) in [5, 5.41) is 0. The van der Waals surface area contributed by atoms with Crippen molar-refractivity contribution in [2.24, 2.45) is 5.73 Å². The molecule has 0 saturated heterocycles. The number of benzene rings is 2. The van der Waals surface area contributed by atoms with E-state index < -0.39 is 23.6 Å². The number of anilines is 1. The molecule has 0 saturated carbocycles. The summed E-state index contributed by atoms with van der Waals surface area (Å²) in [6.45, 7) is 0.0666. The molecule has 2 aromatic rings. The van der Waals surface area contributed by atoms with Gasteiger partial charge >= 0.3 is 6.18 Å². The molecule has 0 aliphatic heterocycles. The molecule has 0 bridgehead atoms. The molecular formula is C18H17F3N2O2. The van der Waals surface area contributed by atoms with Crippen LogP contribution in [0.4, 0.5) is 18.9 Å². The second kappa shape index (κ2) is 7.83. The average molecular weight is 350 g/mol. The van der Waals surface area contributed by atoms with Gasteiger partial charge in [-0.3, -0.25) is 9.59 Å². The number of hydrogen-bond donors (Lipinski definition) is 1. The Hall–Kier alpha value is -2.83. The Balaban J connectivity index is 2.21. The molecule has 0 spiro atoms. The second-order valence-corrected chi connectivity index (χ2v) is 5.47. The number of para-hydroxylation sites is 1. The monoisotopic (exact) mass is 350 g/mol. The zero-order valence-corrected chi connectivity index (χ0v) is 13.3. The van der Waals surface area contributed by atoms with Crippen LogP contribution < -0.4 is 10.6 Å². The molecular weight excluding hydrogens is 333 g/mol. The average Bonchev–Trinajstić information content (AvgIpc) is 2.55. The third-order valence-electron chi connectivity index (χ3n) is 3.56. The van der Waals surface area contributed by atoms with E-state index in [9.17, 15) is 22.8 Å². The first-order valence-electron chi connectivity index (χ1n) is 7.57. The second-order valence-electron chi connectivity index (χ2n) is 5.47. The Morgan fingerprint density at radius 2 is 1.68 bits per heavy atom. The summed E-state index contributed by atoms with van der Waals surface area (Å²) in [5.74, 6) is -0.973. The van der Waals surface area contributed by atoms with Crippen LogP contribution in [-0.4, -0.2) is 18.4 Å². The van der Waals surface area contributed by atoms with E-state index in [1.165, 1.54) is 17.0 Å². The molecule has 0 fully saturated rings. The number of nitrogens with two attached hydrogens (primary N) is 1. The summed E-state index contributed by atoms with van der Waals surface area (Å²) in [5.41, 5.74) is 5.14. The van der Waals surface area contributed by atoms with Gasteiger partial charge in [0.2, 0.25) is 11.8 Å². The quantitative estimate of drug-likeness (QED) is 0.870. The van der Waals surface area contributed by atoms with Crippen molar-refractivity contribution in [1.29, 1.82) is 0 Å². The van der Waals surface area contributed by atoms with Gasteiger partial charge in [-0.05, 0) is 23.8 Å². The van der Waals surface area contributed by atoms with Crippen LogP contribution >= 0.6 is 0 Å². The van der Waals surface area contributed by atoms with Gasteiger partial charge in [0.15, 0.2) is 0 Å². The Bertz CT molecular complexity index is 745. The number of primary amides is 1. The molecule has 4 nitrogen and oxygen atoms in total. The molecule has 2 rings (SSSR count). The van der Waals surface area contributed by atoms with Crippen molar-refractivity contribution in [2.45, 2.75) is 19.0 Å². The number of carbonyl (C=O) groups excluding carboxylic acids is 2. The van der Waals surface area contributed by atoms with Crippen LogP contribution in [0.1, 0.15) is 17.5 Å². The van der Waals surface area contributed by atoms with Gasteiger partial charge in [-0.15, -0.1) is 0 Å².